The lowest BCUT2D eigenvalue weighted by Crippen LogP contribution is -2.50. The highest BCUT2D eigenvalue weighted by Gasteiger charge is 2.40. The van der Waals surface area contributed by atoms with E-state index in [0.717, 1.165) is 131 Å². The molecule has 19 nitrogen and oxygen atoms in total. The molecule has 4 aromatic carbocycles. The summed E-state index contributed by atoms with van der Waals surface area (Å²) in [6.45, 7) is 22.6. The zero-order valence-electron chi connectivity index (χ0n) is 50.0. The largest absolute Gasteiger partial charge is 0.481 e. The number of aryl methyl sites for hydroxylation is 2. The van der Waals surface area contributed by atoms with Crippen molar-refractivity contribution in [1.82, 2.24) is 30.0 Å². The predicted molar refractivity (Wildman–Crippen MR) is 327 cm³/mol. The maximum Gasteiger partial charge on any atom is 0.423 e. The van der Waals surface area contributed by atoms with Crippen molar-refractivity contribution in [3.05, 3.63) is 140 Å². The van der Waals surface area contributed by atoms with Gasteiger partial charge in [-0.25, -0.2) is 9.97 Å². The lowest BCUT2D eigenvalue weighted by Gasteiger charge is -2.38. The first-order chi connectivity index (χ1) is 41.4. The molecule has 0 radical (unpaired) electrons. The molecule has 4 aliphatic heterocycles. The molecule has 25 heteroatoms. The minimum atomic E-state index is -4.83. The van der Waals surface area contributed by atoms with Gasteiger partial charge in [0.1, 0.15) is 22.8 Å². The number of piperidine rings is 2. The first-order valence-electron chi connectivity index (χ1n) is 29.5. The summed E-state index contributed by atoms with van der Waals surface area (Å²) >= 11 is 0. The van der Waals surface area contributed by atoms with E-state index in [2.05, 4.69) is 110 Å². The Balaban J connectivity index is 0.000000202. The number of carbonyl (C=O) groups excluding carboxylic acids is 1. The highest BCUT2D eigenvalue weighted by Crippen LogP contribution is 2.39. The van der Waals surface area contributed by atoms with Crippen LogP contribution >= 0.6 is 0 Å². The van der Waals surface area contributed by atoms with E-state index in [1.54, 1.807) is 6.92 Å². The van der Waals surface area contributed by atoms with Crippen LogP contribution in [0.15, 0.2) is 97.1 Å². The summed E-state index contributed by atoms with van der Waals surface area (Å²) in [7, 11) is 0. The second kappa shape index (κ2) is 30.1. The topological polar surface area (TPSA) is 219 Å². The van der Waals surface area contributed by atoms with Crippen LogP contribution < -0.4 is 25.8 Å². The van der Waals surface area contributed by atoms with E-state index in [0.29, 0.717) is 39.0 Å². The number of aromatic nitrogens is 2. The normalized spacial score (nSPS) is 17.2. The zero-order valence-corrected chi connectivity index (χ0v) is 50.0. The monoisotopic (exact) mass is 1220 g/mol. The number of benzene rings is 4. The number of nitrogens with zero attached hydrogens (tertiary/aromatic N) is 9. The van der Waals surface area contributed by atoms with Crippen molar-refractivity contribution < 1.29 is 50.9 Å². The van der Waals surface area contributed by atoms with E-state index < -0.39 is 50.7 Å². The number of carboxylic acids is 1. The number of anilines is 4. The molecule has 470 valence electrons. The van der Waals surface area contributed by atoms with E-state index in [9.17, 15) is 56.2 Å². The molecule has 6 aromatic rings. The Labute approximate surface area is 502 Å². The molecule has 0 saturated carbocycles. The molecule has 6 heterocycles. The highest BCUT2D eigenvalue weighted by molar-refractivity contribution is 5.82. The number of nitro benzene ring substituents is 2. The summed E-state index contributed by atoms with van der Waals surface area (Å²) in [4.78, 5) is 64.3. The summed E-state index contributed by atoms with van der Waals surface area (Å²) in [6, 6.07) is 26.9. The quantitative estimate of drug-likeness (QED) is 0.0453. The Morgan fingerprint density at radius 3 is 1.38 bits per heavy atom. The second-order valence-corrected chi connectivity index (χ2v) is 22.3. The molecular weight excluding hydrogens is 1140 g/mol. The van der Waals surface area contributed by atoms with Crippen LogP contribution in [0, 0.1) is 45.9 Å². The smallest absolute Gasteiger partial charge is 0.423 e. The number of carbonyl (C=O) groups is 2. The summed E-state index contributed by atoms with van der Waals surface area (Å²) in [5.74, 6) is 0.842. The van der Waals surface area contributed by atoms with Gasteiger partial charge in [-0.05, 0) is 125 Å². The number of aliphatic carboxylic acids is 1. The number of hydrogen-bond acceptors (Lipinski definition) is 15. The summed E-state index contributed by atoms with van der Waals surface area (Å²) < 4.78 is 78.5. The van der Waals surface area contributed by atoms with Crippen LogP contribution in [0.5, 0.6) is 0 Å². The molecule has 87 heavy (non-hydrogen) atoms. The van der Waals surface area contributed by atoms with Crippen LogP contribution in [-0.4, -0.2) is 155 Å². The number of carboxylic acid groups (broad SMARTS) is 1. The third-order valence-corrected chi connectivity index (χ3v) is 15.8. The Hall–Kier alpha value is -7.90. The molecule has 0 bridgehead atoms. The van der Waals surface area contributed by atoms with Gasteiger partial charge in [0.15, 0.2) is 0 Å². The van der Waals surface area contributed by atoms with Crippen LogP contribution in [0.4, 0.5) is 60.7 Å². The molecule has 4 saturated heterocycles. The number of likely N-dealkylation sites (tertiary alicyclic amines) is 1. The molecule has 2 aromatic heterocycles. The summed E-state index contributed by atoms with van der Waals surface area (Å²) in [5, 5.41) is 42.2. The average Bonchev–Trinajstić information content (AvgIpc) is 2.70. The van der Waals surface area contributed by atoms with E-state index in [-0.39, 0.29) is 41.2 Å². The van der Waals surface area contributed by atoms with E-state index in [1.165, 1.54) is 28.6 Å². The van der Waals surface area contributed by atoms with Gasteiger partial charge >= 0.3 is 18.3 Å². The average molecular weight is 1220 g/mol. The number of nitrogens with one attached hydrogen (secondary N) is 3. The Morgan fingerprint density at radius 1 is 0.586 bits per heavy atom. The van der Waals surface area contributed by atoms with Gasteiger partial charge in [-0.2, -0.15) is 26.3 Å². The molecule has 2 unspecified atom stereocenters. The number of halogens is 6. The first-order valence-corrected chi connectivity index (χ1v) is 29.5. The van der Waals surface area contributed by atoms with Crippen LogP contribution in [0.2, 0.25) is 0 Å². The van der Waals surface area contributed by atoms with Gasteiger partial charge < -0.3 is 35.8 Å². The third-order valence-electron chi connectivity index (χ3n) is 15.8. The van der Waals surface area contributed by atoms with Crippen LogP contribution in [0.25, 0.3) is 21.8 Å². The number of hydrogen-bond donors (Lipinski definition) is 4. The van der Waals surface area contributed by atoms with Crippen molar-refractivity contribution in [2.45, 2.75) is 91.7 Å². The Bertz CT molecular complexity index is 3310. The van der Waals surface area contributed by atoms with Gasteiger partial charge in [-0.15, -0.1) is 0 Å². The van der Waals surface area contributed by atoms with Crippen LogP contribution in [0.3, 0.4) is 0 Å². The standard InChI is InChI=1S/C30H35F3N6O3.C18H23N3O2.C12H14F3N3O2.C2H6/c1-20-3-6-26-22(17-20)4-8-28(35-26)37-15-13-36(14-16-37)19-21(2)29(40)38-11-9-23(10-12-38)34-24-5-7-27(39(41)42)25(18-24)30(31,32)33;1-13-3-5-16-15(11-13)4-6-17(19-16)21-9-7-20(8-10-21)12-14(2)18(22)23;13-12(14,15)10-7-9(1-2-11(10)18(19)20)17-8-3-5-16-6-4-8;1-2/h3-8,17-18,21,23,34H,9-16,19H2,1-2H3;3-6,11,14H,7-10,12H2,1-2H3,(H,22,23);1-2,7-8,16-17H,3-6H2;1-2H3. The van der Waals surface area contributed by atoms with Crippen molar-refractivity contribution in [2.24, 2.45) is 11.8 Å². The van der Waals surface area contributed by atoms with Crippen molar-refractivity contribution in [1.29, 1.82) is 0 Å². The SMILES string of the molecule is CC.Cc1ccc2nc(N3CCN(CC(C)C(=O)N4CCC(Nc5ccc([N+](=O)[O-])c(C(F)(F)F)c5)CC4)CC3)ccc2c1.Cc1ccc2nc(N3CCN(CC(C)C(=O)O)CC3)ccc2c1.O=[N+]([O-])c1ccc(NC2CCNCC2)cc1C(F)(F)F. The lowest BCUT2D eigenvalue weighted by atomic mass is 10.0. The number of pyridine rings is 2. The van der Waals surface area contributed by atoms with Gasteiger partial charge in [-0.3, -0.25) is 39.6 Å². The van der Waals surface area contributed by atoms with Gasteiger partial charge in [0, 0.05) is 131 Å². The minimum Gasteiger partial charge on any atom is -0.481 e. The number of alkyl halides is 6. The van der Waals surface area contributed by atoms with Gasteiger partial charge in [0.05, 0.1) is 26.8 Å². The van der Waals surface area contributed by atoms with Crippen molar-refractivity contribution in [2.75, 3.05) is 112 Å². The maximum absolute atomic E-state index is 13.3. The number of nitro groups is 2. The maximum atomic E-state index is 13.3. The highest BCUT2D eigenvalue weighted by atomic mass is 19.4. The van der Waals surface area contributed by atoms with Crippen molar-refractivity contribution >= 4 is 68.1 Å². The van der Waals surface area contributed by atoms with Crippen LogP contribution in [0.1, 0.15) is 75.6 Å². The fraction of sp³-hybridized carbons (Fsp3) is 0.484. The zero-order chi connectivity index (χ0) is 63.2. The number of rotatable bonds is 14. The second-order valence-electron chi connectivity index (χ2n) is 22.3. The number of piperazine rings is 2. The first kappa shape index (κ1) is 66.6. The van der Waals surface area contributed by atoms with Gasteiger partial charge in [-0.1, -0.05) is 51.0 Å². The Kier molecular flexibility index (Phi) is 23.1. The van der Waals surface area contributed by atoms with E-state index in [4.69, 9.17) is 15.1 Å². The Morgan fingerprint density at radius 2 is 0.989 bits per heavy atom. The van der Waals surface area contributed by atoms with Crippen molar-refractivity contribution in [3.63, 3.8) is 0 Å². The third kappa shape index (κ3) is 18.6. The van der Waals surface area contributed by atoms with Crippen molar-refractivity contribution in [3.8, 4) is 0 Å². The molecule has 4 N–H and O–H groups in total. The van der Waals surface area contributed by atoms with E-state index in [1.807, 2.05) is 25.7 Å². The fourth-order valence-electron chi connectivity index (χ4n) is 11.1. The molecule has 4 aliphatic rings. The summed E-state index contributed by atoms with van der Waals surface area (Å²) in [6.07, 6.45) is -6.81. The fourth-order valence-corrected chi connectivity index (χ4v) is 11.1. The van der Waals surface area contributed by atoms with E-state index >= 15 is 0 Å². The van der Waals surface area contributed by atoms with Gasteiger partial charge in [0.25, 0.3) is 11.4 Å². The van der Waals surface area contributed by atoms with Crippen LogP contribution in [-0.2, 0) is 21.9 Å². The molecule has 1 amide bonds. The molecule has 2 atom stereocenters. The predicted octanol–water partition coefficient (Wildman–Crippen LogP) is 11.5. The molecular formula is C62H78F6N12O7. The lowest BCUT2D eigenvalue weighted by molar-refractivity contribution is -0.388. The van der Waals surface area contributed by atoms with Gasteiger partial charge in [0.2, 0.25) is 5.91 Å². The molecule has 0 aliphatic carbocycles. The number of amides is 1. The molecule has 4 fully saturated rings. The molecule has 10 rings (SSSR count). The minimum absolute atomic E-state index is 0.0806. The molecule has 0 spiro atoms. The summed E-state index contributed by atoms with van der Waals surface area (Å²) in [5.41, 5.74) is 0.512. The number of fused-ring (bicyclic) bond motifs is 2.